The molecule has 0 aliphatic carbocycles. The summed E-state index contributed by atoms with van der Waals surface area (Å²) in [6, 6.07) is 9.11. The molecule has 1 saturated heterocycles. The molecule has 8 heteroatoms. The average molecular weight is 400 g/mol. The average Bonchev–Trinajstić information content (AvgIpc) is 2.75. The van der Waals surface area contributed by atoms with Gasteiger partial charge in [-0.1, -0.05) is 12.1 Å². The maximum atomic E-state index is 12.4. The molecule has 156 valence electrons. The third-order valence-corrected chi connectivity index (χ3v) is 4.50. The number of methoxy groups -OCH3 is 1. The number of ether oxygens (including phenoxy) is 2. The minimum absolute atomic E-state index is 0.00275. The largest absolute Gasteiger partial charge is 0.479 e. The van der Waals surface area contributed by atoms with E-state index in [0.29, 0.717) is 51.6 Å². The molecule has 1 heterocycles. The summed E-state index contributed by atoms with van der Waals surface area (Å²) in [7, 11) is 1.64. The van der Waals surface area contributed by atoms with Crippen LogP contribution in [0, 0.1) is 11.3 Å². The van der Waals surface area contributed by atoms with Gasteiger partial charge in [-0.15, -0.1) is 0 Å². The Hall–Kier alpha value is -2.89. The number of amides is 2. The maximum Gasteiger partial charge on any atom is 0.246 e. The van der Waals surface area contributed by atoms with Crippen molar-refractivity contribution in [2.24, 2.45) is 0 Å². The van der Waals surface area contributed by atoms with Crippen LogP contribution in [0.25, 0.3) is 6.08 Å². The first-order chi connectivity index (χ1) is 14.1. The van der Waals surface area contributed by atoms with Crippen LogP contribution in [0.15, 0.2) is 30.3 Å². The van der Waals surface area contributed by atoms with Crippen LogP contribution in [0.1, 0.15) is 12.0 Å². The zero-order valence-corrected chi connectivity index (χ0v) is 16.8. The van der Waals surface area contributed by atoms with Crippen LogP contribution in [0.2, 0.25) is 0 Å². The molecule has 1 aromatic carbocycles. The quantitative estimate of drug-likeness (QED) is 0.463. The van der Waals surface area contributed by atoms with Gasteiger partial charge in [0, 0.05) is 52.5 Å². The van der Waals surface area contributed by atoms with E-state index in [2.05, 4.69) is 10.2 Å². The molecule has 0 radical (unpaired) electrons. The number of nitrogens with one attached hydrogen (secondary N) is 1. The van der Waals surface area contributed by atoms with E-state index in [4.69, 9.17) is 14.7 Å². The summed E-state index contributed by atoms with van der Waals surface area (Å²) >= 11 is 0. The number of piperazine rings is 1. The first-order valence-electron chi connectivity index (χ1n) is 9.67. The summed E-state index contributed by atoms with van der Waals surface area (Å²) in [5.74, 6) is 0.579. The van der Waals surface area contributed by atoms with Gasteiger partial charge < -0.3 is 19.7 Å². The van der Waals surface area contributed by atoms with Gasteiger partial charge in [0.15, 0.2) is 6.61 Å². The molecule has 1 aliphatic rings. The normalized spacial score (nSPS) is 14.6. The fourth-order valence-electron chi connectivity index (χ4n) is 2.89. The number of hydrogen-bond acceptors (Lipinski definition) is 6. The molecule has 0 spiro atoms. The second kappa shape index (κ2) is 12.5. The van der Waals surface area contributed by atoms with Crippen molar-refractivity contribution in [2.75, 3.05) is 59.6 Å². The highest BCUT2D eigenvalue weighted by atomic mass is 16.5. The zero-order valence-electron chi connectivity index (χ0n) is 16.8. The van der Waals surface area contributed by atoms with Crippen molar-refractivity contribution in [1.82, 2.24) is 15.1 Å². The highest BCUT2D eigenvalue weighted by Crippen LogP contribution is 2.13. The molecule has 29 heavy (non-hydrogen) atoms. The van der Waals surface area contributed by atoms with E-state index in [-0.39, 0.29) is 18.4 Å². The second-order valence-electron chi connectivity index (χ2n) is 6.65. The molecule has 1 aromatic rings. The summed E-state index contributed by atoms with van der Waals surface area (Å²) in [4.78, 5) is 28.1. The number of carbonyl (C=O) groups is 2. The van der Waals surface area contributed by atoms with Crippen LogP contribution in [0.5, 0.6) is 5.75 Å². The highest BCUT2D eigenvalue weighted by molar-refractivity contribution is 5.91. The standard InChI is InChI=1S/C21H28N4O4/c1-28-15-2-10-23-20(26)17-24-11-13-25(14-12-24)21(27)8-5-18-3-6-19(7-4-18)29-16-9-22/h3-8H,2,10-17H2,1H3,(H,23,26)/b8-5+. The van der Waals surface area contributed by atoms with Crippen LogP contribution in [0.4, 0.5) is 0 Å². The lowest BCUT2D eigenvalue weighted by molar-refractivity contribution is -0.128. The smallest absolute Gasteiger partial charge is 0.246 e. The Morgan fingerprint density at radius 1 is 1.21 bits per heavy atom. The van der Waals surface area contributed by atoms with Crippen molar-refractivity contribution in [2.45, 2.75) is 6.42 Å². The molecule has 8 nitrogen and oxygen atoms in total. The summed E-state index contributed by atoms with van der Waals surface area (Å²) < 4.78 is 10.2. The van der Waals surface area contributed by atoms with E-state index in [9.17, 15) is 9.59 Å². The number of benzene rings is 1. The molecular formula is C21H28N4O4. The summed E-state index contributed by atoms with van der Waals surface area (Å²) in [6.07, 6.45) is 4.12. The molecule has 0 unspecified atom stereocenters. The number of rotatable bonds is 10. The van der Waals surface area contributed by atoms with Gasteiger partial charge in [0.2, 0.25) is 11.8 Å². The summed E-state index contributed by atoms with van der Waals surface area (Å²) in [5, 5.41) is 11.4. The third-order valence-electron chi connectivity index (χ3n) is 4.50. The number of nitriles is 1. The molecule has 0 saturated carbocycles. The first-order valence-corrected chi connectivity index (χ1v) is 9.67. The van der Waals surface area contributed by atoms with E-state index < -0.39 is 0 Å². The molecule has 0 bridgehead atoms. The molecule has 2 amide bonds. The van der Waals surface area contributed by atoms with E-state index in [0.717, 1.165) is 12.0 Å². The van der Waals surface area contributed by atoms with Gasteiger partial charge in [0.1, 0.15) is 11.8 Å². The van der Waals surface area contributed by atoms with Crippen LogP contribution >= 0.6 is 0 Å². The summed E-state index contributed by atoms with van der Waals surface area (Å²) in [5.41, 5.74) is 0.881. The molecule has 1 N–H and O–H groups in total. The van der Waals surface area contributed by atoms with Crippen molar-refractivity contribution < 1.29 is 19.1 Å². The predicted octanol–water partition coefficient (Wildman–Crippen LogP) is 0.899. The van der Waals surface area contributed by atoms with Gasteiger partial charge in [0.25, 0.3) is 0 Å². The van der Waals surface area contributed by atoms with E-state index >= 15 is 0 Å². The lowest BCUT2D eigenvalue weighted by atomic mass is 10.2. The number of carbonyl (C=O) groups excluding carboxylic acids is 2. The second-order valence-corrected chi connectivity index (χ2v) is 6.65. The lowest BCUT2D eigenvalue weighted by Gasteiger charge is -2.33. The number of hydrogen-bond donors (Lipinski definition) is 1. The van der Waals surface area contributed by atoms with Crippen molar-refractivity contribution >= 4 is 17.9 Å². The van der Waals surface area contributed by atoms with Gasteiger partial charge in [-0.3, -0.25) is 14.5 Å². The van der Waals surface area contributed by atoms with Gasteiger partial charge in [-0.2, -0.15) is 5.26 Å². The number of nitrogens with zero attached hydrogens (tertiary/aromatic N) is 3. The topological polar surface area (TPSA) is 94.9 Å². The molecule has 0 atom stereocenters. The van der Waals surface area contributed by atoms with Crippen LogP contribution < -0.4 is 10.1 Å². The Bertz CT molecular complexity index is 719. The van der Waals surface area contributed by atoms with Gasteiger partial charge in [-0.25, -0.2) is 0 Å². The Balaban J connectivity index is 1.70. The van der Waals surface area contributed by atoms with Gasteiger partial charge >= 0.3 is 0 Å². The van der Waals surface area contributed by atoms with Crippen LogP contribution in [-0.4, -0.2) is 81.2 Å². The van der Waals surface area contributed by atoms with Crippen molar-refractivity contribution in [1.29, 1.82) is 5.26 Å². The maximum absolute atomic E-state index is 12.4. The molecule has 1 fully saturated rings. The van der Waals surface area contributed by atoms with Crippen molar-refractivity contribution in [3.05, 3.63) is 35.9 Å². The van der Waals surface area contributed by atoms with Gasteiger partial charge in [-0.05, 0) is 30.2 Å². The Morgan fingerprint density at radius 3 is 2.59 bits per heavy atom. The van der Waals surface area contributed by atoms with Crippen LogP contribution in [-0.2, 0) is 14.3 Å². The Labute approximate surface area is 171 Å². The van der Waals surface area contributed by atoms with Crippen molar-refractivity contribution in [3.8, 4) is 11.8 Å². The van der Waals surface area contributed by atoms with Crippen molar-refractivity contribution in [3.63, 3.8) is 0 Å². The predicted molar refractivity (Wildman–Crippen MR) is 109 cm³/mol. The third kappa shape index (κ3) is 8.34. The van der Waals surface area contributed by atoms with E-state index in [1.54, 1.807) is 36.3 Å². The zero-order chi connectivity index (χ0) is 20.9. The Kier molecular flexibility index (Phi) is 9.69. The summed E-state index contributed by atoms with van der Waals surface area (Å²) in [6.45, 7) is 4.16. The van der Waals surface area contributed by atoms with Crippen LogP contribution in [0.3, 0.4) is 0 Å². The molecule has 1 aliphatic heterocycles. The highest BCUT2D eigenvalue weighted by Gasteiger charge is 2.21. The fraction of sp³-hybridized carbons (Fsp3) is 0.476. The SMILES string of the molecule is COCCCNC(=O)CN1CCN(C(=O)/C=C/c2ccc(OCC#N)cc2)CC1. The Morgan fingerprint density at radius 2 is 1.93 bits per heavy atom. The van der Waals surface area contributed by atoms with E-state index in [1.807, 2.05) is 18.2 Å². The molecule has 0 aromatic heterocycles. The monoisotopic (exact) mass is 400 g/mol. The minimum atomic E-state index is -0.0431. The van der Waals surface area contributed by atoms with E-state index in [1.165, 1.54) is 0 Å². The lowest BCUT2D eigenvalue weighted by Crippen LogP contribution is -2.50. The van der Waals surface area contributed by atoms with Gasteiger partial charge in [0.05, 0.1) is 6.54 Å². The fourth-order valence-corrected chi connectivity index (χ4v) is 2.89. The molecule has 2 rings (SSSR count). The first kappa shape index (κ1) is 22.4. The molecular weight excluding hydrogens is 372 g/mol. The minimum Gasteiger partial charge on any atom is -0.479 e.